The number of para-hydroxylation sites is 1. The predicted octanol–water partition coefficient (Wildman–Crippen LogP) is 2.59. The van der Waals surface area contributed by atoms with Crippen LogP contribution >= 0.6 is 0 Å². The molecule has 0 saturated heterocycles. The highest BCUT2D eigenvalue weighted by atomic mass is 16.3. The van der Waals surface area contributed by atoms with E-state index in [4.69, 9.17) is 0 Å². The lowest BCUT2D eigenvalue weighted by Gasteiger charge is -2.11. The Balaban J connectivity index is 2.14. The molecule has 0 saturated carbocycles. The molecule has 4 aromatic rings. The highest BCUT2D eigenvalue weighted by Gasteiger charge is 2.28. The quantitative estimate of drug-likeness (QED) is 0.331. The number of hydrogen-bond donors (Lipinski definition) is 4. The van der Waals surface area contributed by atoms with Gasteiger partial charge in [0.2, 0.25) is 0 Å². The second-order valence-electron chi connectivity index (χ2n) is 5.83. The van der Waals surface area contributed by atoms with Crippen molar-refractivity contribution in [3.8, 4) is 34.1 Å². The van der Waals surface area contributed by atoms with Crippen molar-refractivity contribution in [2.75, 3.05) is 0 Å². The molecule has 6 nitrogen and oxygen atoms in total. The monoisotopic (exact) mass is 347 g/mol. The van der Waals surface area contributed by atoms with Crippen molar-refractivity contribution in [2.45, 2.75) is 0 Å². The molecule has 2 heterocycles. The maximum atomic E-state index is 12.7. The summed E-state index contributed by atoms with van der Waals surface area (Å²) in [6.45, 7) is 0. The Morgan fingerprint density at radius 2 is 1.46 bits per heavy atom. The lowest BCUT2D eigenvalue weighted by molar-refractivity contribution is -0.595. The van der Waals surface area contributed by atoms with Crippen LogP contribution < -0.4 is 10.1 Å². The van der Waals surface area contributed by atoms with Crippen LogP contribution in [0.15, 0.2) is 71.8 Å². The van der Waals surface area contributed by atoms with Crippen molar-refractivity contribution in [3.63, 3.8) is 0 Å². The number of phenolic OH excluding ortho intramolecular Hbond substituents is 2. The van der Waals surface area contributed by atoms with E-state index in [0.717, 1.165) is 0 Å². The summed E-state index contributed by atoms with van der Waals surface area (Å²) < 4.78 is 1.57. The van der Waals surface area contributed by atoms with Crippen molar-refractivity contribution >= 4 is 10.9 Å². The second-order valence-corrected chi connectivity index (χ2v) is 5.83. The maximum Gasteiger partial charge on any atom is 0.264 e. The van der Waals surface area contributed by atoms with Crippen LogP contribution in [0.25, 0.3) is 27.7 Å². The molecule has 128 valence electrons. The number of rotatable bonds is 2. The van der Waals surface area contributed by atoms with E-state index < -0.39 is 5.56 Å². The Labute approximate surface area is 147 Å². The van der Waals surface area contributed by atoms with E-state index >= 15 is 0 Å². The average molecular weight is 347 g/mol. The topological polar surface area (TPSA) is 97.4 Å². The first-order valence-electron chi connectivity index (χ1n) is 7.94. The Kier molecular flexibility index (Phi) is 3.58. The summed E-state index contributed by atoms with van der Waals surface area (Å²) in [6, 6.07) is 14.7. The van der Waals surface area contributed by atoms with Crippen LogP contribution in [0.5, 0.6) is 17.2 Å². The fourth-order valence-corrected chi connectivity index (χ4v) is 3.08. The minimum absolute atomic E-state index is 0.0469. The van der Waals surface area contributed by atoms with Gasteiger partial charge in [-0.15, -0.1) is 0 Å². The molecule has 0 bridgehead atoms. The summed E-state index contributed by atoms with van der Waals surface area (Å²) in [7, 11) is 0. The summed E-state index contributed by atoms with van der Waals surface area (Å²) in [5.41, 5.74) is 0.0445. The third-order valence-corrected chi connectivity index (χ3v) is 4.25. The number of benzene rings is 2. The minimum atomic E-state index is -0.570. The molecule has 6 heteroatoms. The Morgan fingerprint density at radius 3 is 2.23 bits per heavy atom. The van der Waals surface area contributed by atoms with Crippen LogP contribution in [-0.4, -0.2) is 20.3 Å². The zero-order chi connectivity index (χ0) is 18.3. The fraction of sp³-hybridized carbons (Fsp3) is 0. The van der Waals surface area contributed by atoms with Gasteiger partial charge in [0.25, 0.3) is 11.2 Å². The van der Waals surface area contributed by atoms with Crippen molar-refractivity contribution < 1.29 is 19.9 Å². The van der Waals surface area contributed by atoms with Gasteiger partial charge in [-0.1, -0.05) is 18.2 Å². The number of fused-ring (bicyclic) bond motifs is 1. The van der Waals surface area contributed by atoms with Crippen molar-refractivity contribution in [1.82, 2.24) is 4.98 Å². The zero-order valence-corrected chi connectivity index (χ0v) is 13.5. The molecule has 0 unspecified atom stereocenters. The van der Waals surface area contributed by atoms with E-state index in [-0.39, 0.29) is 34.1 Å². The molecular formula is C20H15N2O4+. The van der Waals surface area contributed by atoms with Crippen LogP contribution in [0, 0.1) is 0 Å². The first-order valence-corrected chi connectivity index (χ1v) is 7.94. The molecular weight excluding hydrogens is 332 g/mol. The number of pyridine rings is 2. The number of hydrogen-bond acceptors (Lipinski definition) is 4. The molecule has 0 spiro atoms. The Morgan fingerprint density at radius 1 is 0.769 bits per heavy atom. The third-order valence-electron chi connectivity index (χ3n) is 4.25. The fourth-order valence-electron chi connectivity index (χ4n) is 3.08. The molecule has 0 aliphatic heterocycles. The lowest BCUT2D eigenvalue weighted by atomic mass is 9.99. The minimum Gasteiger partial charge on any atom is -0.507 e. The van der Waals surface area contributed by atoms with E-state index in [1.807, 2.05) is 0 Å². The van der Waals surface area contributed by atoms with Gasteiger partial charge in [0.05, 0.1) is 11.1 Å². The van der Waals surface area contributed by atoms with E-state index in [2.05, 4.69) is 4.98 Å². The zero-order valence-electron chi connectivity index (χ0n) is 13.5. The molecule has 0 amide bonds. The molecule has 0 atom stereocenters. The standard InChI is InChI=1S/C20H14N2O4/c23-14-8-9-15(24)18(22-10-4-1-5-11-22)16(14)17-19(25)12-6-2-3-7-13(12)21-20(17)26/h1-11H,(H3-,21,23,24,25,26)/p+1. The van der Waals surface area contributed by atoms with Crippen LogP contribution in [0.4, 0.5) is 0 Å². The van der Waals surface area contributed by atoms with Gasteiger partial charge in [0.1, 0.15) is 17.1 Å². The van der Waals surface area contributed by atoms with E-state index in [9.17, 15) is 20.1 Å². The van der Waals surface area contributed by atoms with Gasteiger partial charge in [-0.2, -0.15) is 4.57 Å². The molecule has 26 heavy (non-hydrogen) atoms. The van der Waals surface area contributed by atoms with Gasteiger partial charge >= 0.3 is 0 Å². The predicted molar refractivity (Wildman–Crippen MR) is 96.5 cm³/mol. The smallest absolute Gasteiger partial charge is 0.264 e. The first-order chi connectivity index (χ1) is 12.6. The summed E-state index contributed by atoms with van der Waals surface area (Å²) in [6.07, 6.45) is 3.34. The van der Waals surface area contributed by atoms with Gasteiger partial charge in [-0.05, 0) is 24.3 Å². The van der Waals surface area contributed by atoms with Gasteiger partial charge in [-0.25, -0.2) is 0 Å². The lowest BCUT2D eigenvalue weighted by Crippen LogP contribution is -2.30. The van der Waals surface area contributed by atoms with E-state index in [1.165, 1.54) is 12.1 Å². The van der Waals surface area contributed by atoms with Crippen LogP contribution in [0.2, 0.25) is 0 Å². The highest BCUT2D eigenvalue weighted by Crippen LogP contribution is 2.41. The van der Waals surface area contributed by atoms with Crippen LogP contribution in [-0.2, 0) is 0 Å². The SMILES string of the molecule is O=c1[nH]c2ccccc2c(O)c1-c1c(O)ccc(O)c1-[n+]1ccccc1. The van der Waals surface area contributed by atoms with Gasteiger partial charge in [-0.3, -0.25) is 4.79 Å². The van der Waals surface area contributed by atoms with E-state index in [1.54, 1.807) is 59.4 Å². The molecule has 0 radical (unpaired) electrons. The number of aromatic amines is 1. The summed E-state index contributed by atoms with van der Waals surface area (Å²) in [5.74, 6) is -0.630. The second kappa shape index (κ2) is 5.93. The molecule has 0 aliphatic rings. The number of nitrogens with zero attached hydrogens (tertiary/aromatic N) is 1. The summed E-state index contributed by atoms with van der Waals surface area (Å²) in [4.78, 5) is 15.4. The van der Waals surface area contributed by atoms with E-state index in [0.29, 0.717) is 10.9 Å². The van der Waals surface area contributed by atoms with Gasteiger partial charge < -0.3 is 20.3 Å². The molecule has 4 N–H and O–H groups in total. The highest BCUT2D eigenvalue weighted by molar-refractivity contribution is 5.94. The molecule has 0 aliphatic carbocycles. The third kappa shape index (κ3) is 2.36. The maximum absolute atomic E-state index is 12.7. The number of aromatic hydroxyl groups is 3. The number of phenols is 2. The summed E-state index contributed by atoms with van der Waals surface area (Å²) in [5, 5.41) is 32.1. The largest absolute Gasteiger partial charge is 0.507 e. The number of H-pyrrole nitrogens is 1. The molecule has 4 rings (SSSR count). The normalized spacial score (nSPS) is 10.9. The summed E-state index contributed by atoms with van der Waals surface area (Å²) >= 11 is 0. The van der Waals surface area contributed by atoms with Crippen LogP contribution in [0.3, 0.4) is 0 Å². The molecule has 2 aromatic carbocycles. The molecule has 2 aromatic heterocycles. The Bertz CT molecular complexity index is 1180. The van der Waals surface area contributed by atoms with Gasteiger partial charge in [0, 0.05) is 17.5 Å². The number of aromatic nitrogens is 2. The van der Waals surface area contributed by atoms with Crippen molar-refractivity contribution in [3.05, 3.63) is 77.3 Å². The van der Waals surface area contributed by atoms with Crippen molar-refractivity contribution in [1.29, 1.82) is 0 Å². The van der Waals surface area contributed by atoms with Gasteiger partial charge in [0.15, 0.2) is 18.1 Å². The number of nitrogens with one attached hydrogen (secondary N) is 1. The average Bonchev–Trinajstić information content (AvgIpc) is 2.65. The van der Waals surface area contributed by atoms with Crippen molar-refractivity contribution in [2.24, 2.45) is 0 Å². The first kappa shape index (κ1) is 15.7. The van der Waals surface area contributed by atoms with Crippen LogP contribution in [0.1, 0.15) is 0 Å². The Hall–Kier alpha value is -3.80. The molecule has 0 fully saturated rings.